The summed E-state index contributed by atoms with van der Waals surface area (Å²) >= 11 is 0. The van der Waals surface area contributed by atoms with Gasteiger partial charge in [0.1, 0.15) is 5.82 Å². The Balaban J connectivity index is 2.00. The average Bonchev–Trinajstić information content (AvgIpc) is 2.84. The van der Waals surface area contributed by atoms with Crippen molar-refractivity contribution in [3.05, 3.63) is 18.2 Å². The lowest BCUT2D eigenvalue weighted by Crippen LogP contribution is -2.46. The van der Waals surface area contributed by atoms with Crippen molar-refractivity contribution in [1.82, 2.24) is 24.9 Å². The molecule has 0 aliphatic carbocycles. The van der Waals surface area contributed by atoms with E-state index in [9.17, 15) is 0 Å². The number of likely N-dealkylation sites (N-methyl/N-ethyl adjacent to an activating group) is 1. The van der Waals surface area contributed by atoms with Crippen LogP contribution in [0, 0.1) is 6.92 Å². The van der Waals surface area contributed by atoms with E-state index in [0.717, 1.165) is 36.9 Å². The molecule has 0 spiro atoms. The quantitative estimate of drug-likeness (QED) is 0.892. The molecule has 0 bridgehead atoms. The van der Waals surface area contributed by atoms with Gasteiger partial charge >= 0.3 is 0 Å². The summed E-state index contributed by atoms with van der Waals surface area (Å²) in [6, 6.07) is 0.495. The second-order valence-corrected chi connectivity index (χ2v) is 4.98. The molecule has 3 rings (SSSR count). The maximum absolute atomic E-state index is 4.54. The zero-order chi connectivity index (χ0) is 13.2. The van der Waals surface area contributed by atoms with Crippen LogP contribution >= 0.6 is 0 Å². The number of aryl methyl sites for hydroxylation is 1. The first-order valence-corrected chi connectivity index (χ1v) is 6.95. The van der Waals surface area contributed by atoms with E-state index in [1.807, 2.05) is 23.7 Å². The first kappa shape index (κ1) is 12.3. The average molecular weight is 260 g/mol. The minimum atomic E-state index is 0.495. The fourth-order valence-electron chi connectivity index (χ4n) is 2.81. The van der Waals surface area contributed by atoms with Gasteiger partial charge in [0.15, 0.2) is 5.82 Å². The predicted molar refractivity (Wildman–Crippen MR) is 74.4 cm³/mol. The highest BCUT2D eigenvalue weighted by Gasteiger charge is 2.23. The number of fused-ring (bicyclic) bond motifs is 1. The van der Waals surface area contributed by atoms with E-state index in [2.05, 4.69) is 32.3 Å². The molecular weight excluding hydrogens is 240 g/mol. The van der Waals surface area contributed by atoms with E-state index in [1.54, 1.807) is 0 Å². The van der Waals surface area contributed by atoms with Gasteiger partial charge in [0.25, 0.3) is 0 Å². The van der Waals surface area contributed by atoms with Gasteiger partial charge in [-0.25, -0.2) is 4.98 Å². The Labute approximate surface area is 112 Å². The standard InChI is InChI=1S/C13H20N6/c1-3-18(11-5-4-6-14-9-11)12-13-17-16-10(2)19(13)8-7-15-12/h7-8,11,14H,3-6,9H2,1-2H3. The van der Waals surface area contributed by atoms with E-state index in [4.69, 9.17) is 0 Å². The van der Waals surface area contributed by atoms with Crippen LogP contribution in [-0.4, -0.2) is 45.3 Å². The lowest BCUT2D eigenvalue weighted by atomic mass is 10.1. The zero-order valence-corrected chi connectivity index (χ0v) is 11.5. The molecule has 102 valence electrons. The number of hydrogen-bond acceptors (Lipinski definition) is 5. The summed E-state index contributed by atoms with van der Waals surface area (Å²) in [5, 5.41) is 11.9. The molecule has 1 aliphatic rings. The number of piperidine rings is 1. The third-order valence-corrected chi connectivity index (χ3v) is 3.80. The third-order valence-electron chi connectivity index (χ3n) is 3.80. The van der Waals surface area contributed by atoms with Crippen LogP contribution in [0.5, 0.6) is 0 Å². The molecular formula is C13H20N6. The molecule has 2 aromatic heterocycles. The summed E-state index contributed by atoms with van der Waals surface area (Å²) in [6.07, 6.45) is 6.17. The zero-order valence-electron chi connectivity index (χ0n) is 11.5. The first-order chi connectivity index (χ1) is 9.31. The Hall–Kier alpha value is -1.69. The molecule has 0 radical (unpaired) electrons. The summed E-state index contributed by atoms with van der Waals surface area (Å²) < 4.78 is 2.00. The van der Waals surface area contributed by atoms with E-state index in [0.29, 0.717) is 6.04 Å². The van der Waals surface area contributed by atoms with Crippen molar-refractivity contribution >= 4 is 11.5 Å². The fourth-order valence-corrected chi connectivity index (χ4v) is 2.81. The van der Waals surface area contributed by atoms with Gasteiger partial charge in [-0.05, 0) is 33.2 Å². The van der Waals surface area contributed by atoms with Crippen LogP contribution in [0.3, 0.4) is 0 Å². The second-order valence-electron chi connectivity index (χ2n) is 4.98. The Morgan fingerprint density at radius 3 is 3.11 bits per heavy atom. The highest BCUT2D eigenvalue weighted by Crippen LogP contribution is 2.22. The molecule has 0 saturated carbocycles. The van der Waals surface area contributed by atoms with Crippen LogP contribution in [0.2, 0.25) is 0 Å². The predicted octanol–water partition coefficient (Wildman–Crippen LogP) is 1.01. The van der Waals surface area contributed by atoms with Gasteiger partial charge in [0, 0.05) is 31.5 Å². The molecule has 1 N–H and O–H groups in total. The largest absolute Gasteiger partial charge is 0.349 e. The van der Waals surface area contributed by atoms with Crippen LogP contribution in [0.4, 0.5) is 5.82 Å². The van der Waals surface area contributed by atoms with E-state index < -0.39 is 0 Å². The topological polar surface area (TPSA) is 58.4 Å². The van der Waals surface area contributed by atoms with Crippen molar-refractivity contribution in [2.24, 2.45) is 0 Å². The number of anilines is 1. The molecule has 1 atom stereocenters. The lowest BCUT2D eigenvalue weighted by molar-refractivity contribution is 0.433. The lowest BCUT2D eigenvalue weighted by Gasteiger charge is -2.34. The van der Waals surface area contributed by atoms with Crippen LogP contribution in [0.1, 0.15) is 25.6 Å². The SMILES string of the molecule is CCN(c1nccn2c(C)nnc12)C1CCCNC1. The number of aromatic nitrogens is 4. The number of nitrogens with zero attached hydrogens (tertiary/aromatic N) is 5. The molecule has 19 heavy (non-hydrogen) atoms. The third kappa shape index (κ3) is 2.16. The second kappa shape index (κ2) is 5.13. The van der Waals surface area contributed by atoms with Gasteiger partial charge in [-0.3, -0.25) is 4.40 Å². The van der Waals surface area contributed by atoms with E-state index in [1.165, 1.54) is 12.8 Å². The monoisotopic (exact) mass is 260 g/mol. The number of hydrogen-bond donors (Lipinski definition) is 1. The van der Waals surface area contributed by atoms with Crippen LogP contribution in [-0.2, 0) is 0 Å². The van der Waals surface area contributed by atoms with Crippen molar-refractivity contribution < 1.29 is 0 Å². The van der Waals surface area contributed by atoms with Gasteiger partial charge in [-0.1, -0.05) is 0 Å². The first-order valence-electron chi connectivity index (χ1n) is 6.95. The minimum Gasteiger partial charge on any atom is -0.349 e. The maximum Gasteiger partial charge on any atom is 0.203 e. The smallest absolute Gasteiger partial charge is 0.203 e. The minimum absolute atomic E-state index is 0.495. The van der Waals surface area contributed by atoms with Crippen molar-refractivity contribution in [1.29, 1.82) is 0 Å². The molecule has 1 aliphatic heterocycles. The van der Waals surface area contributed by atoms with Crippen molar-refractivity contribution in [3.63, 3.8) is 0 Å². The molecule has 1 unspecified atom stereocenters. The van der Waals surface area contributed by atoms with Crippen LogP contribution in [0.15, 0.2) is 12.4 Å². The van der Waals surface area contributed by atoms with Crippen molar-refractivity contribution in [2.75, 3.05) is 24.5 Å². The highest BCUT2D eigenvalue weighted by atomic mass is 15.3. The summed E-state index contributed by atoms with van der Waals surface area (Å²) in [4.78, 5) is 6.88. The number of rotatable bonds is 3. The molecule has 3 heterocycles. The number of nitrogens with one attached hydrogen (secondary N) is 1. The van der Waals surface area contributed by atoms with Crippen LogP contribution in [0.25, 0.3) is 5.65 Å². The fraction of sp³-hybridized carbons (Fsp3) is 0.615. The molecule has 1 saturated heterocycles. The molecule has 6 nitrogen and oxygen atoms in total. The summed E-state index contributed by atoms with van der Waals surface area (Å²) in [6.45, 7) is 7.20. The molecule has 0 aromatic carbocycles. The van der Waals surface area contributed by atoms with Gasteiger partial charge in [-0.2, -0.15) is 0 Å². The summed E-state index contributed by atoms with van der Waals surface area (Å²) in [5.74, 6) is 1.84. The van der Waals surface area contributed by atoms with Gasteiger partial charge in [-0.15, -0.1) is 10.2 Å². The van der Waals surface area contributed by atoms with Gasteiger partial charge in [0.2, 0.25) is 5.65 Å². The van der Waals surface area contributed by atoms with Crippen molar-refractivity contribution in [2.45, 2.75) is 32.7 Å². The molecule has 1 fully saturated rings. The Kier molecular flexibility index (Phi) is 3.33. The maximum atomic E-state index is 4.54. The van der Waals surface area contributed by atoms with Crippen LogP contribution < -0.4 is 10.2 Å². The highest BCUT2D eigenvalue weighted by molar-refractivity contribution is 5.64. The Bertz CT molecular complexity index is 557. The van der Waals surface area contributed by atoms with E-state index >= 15 is 0 Å². The molecule has 0 amide bonds. The van der Waals surface area contributed by atoms with E-state index in [-0.39, 0.29) is 0 Å². The van der Waals surface area contributed by atoms with Gasteiger partial charge in [0.05, 0.1) is 0 Å². The van der Waals surface area contributed by atoms with Gasteiger partial charge < -0.3 is 10.2 Å². The summed E-state index contributed by atoms with van der Waals surface area (Å²) in [7, 11) is 0. The normalized spacial score (nSPS) is 19.8. The Morgan fingerprint density at radius 2 is 2.37 bits per heavy atom. The van der Waals surface area contributed by atoms with Crippen molar-refractivity contribution in [3.8, 4) is 0 Å². The summed E-state index contributed by atoms with van der Waals surface area (Å²) in [5.41, 5.74) is 0.854. The molecule has 6 heteroatoms. The Morgan fingerprint density at radius 1 is 1.47 bits per heavy atom. The molecule has 2 aromatic rings.